The van der Waals surface area contributed by atoms with E-state index in [1.54, 1.807) is 0 Å². The Morgan fingerprint density at radius 3 is 1.75 bits per heavy atom. The summed E-state index contributed by atoms with van der Waals surface area (Å²) in [6, 6.07) is -2.63. The van der Waals surface area contributed by atoms with E-state index in [9.17, 15) is 50.6 Å². The zero-order valence-electron chi connectivity index (χ0n) is 12.0. The van der Waals surface area contributed by atoms with Crippen molar-refractivity contribution in [2.24, 2.45) is 0 Å². The summed E-state index contributed by atoms with van der Waals surface area (Å²) in [5.74, 6) is 0. The van der Waals surface area contributed by atoms with Crippen molar-refractivity contribution in [3.05, 3.63) is 62.3 Å². The maximum absolute atomic E-state index is 11.3. The smallest absolute Gasteiger partial charge is 0.294 e. The quantitative estimate of drug-likeness (QED) is 0.435. The van der Waals surface area contributed by atoms with E-state index in [0.717, 1.165) is 0 Å². The summed E-state index contributed by atoms with van der Waals surface area (Å²) in [6.07, 6.45) is -2.55. The summed E-state index contributed by atoms with van der Waals surface area (Å²) >= 11 is 0. The molecular weight excluding hydrogens is 342 g/mol. The molecule has 0 saturated carbocycles. The SMILES string of the molecule is CC1([N+](=O)[O-])C=C([N+](=O)[O-])C(C)([N+](=O)[O-])C(O[N+](=O)[O-])C1[N+](=O)[O-]. The van der Waals surface area contributed by atoms with Crippen LogP contribution in [0.1, 0.15) is 13.8 Å². The molecule has 0 aromatic rings. The van der Waals surface area contributed by atoms with Crippen LogP contribution in [0.15, 0.2) is 11.8 Å². The third-order valence-corrected chi connectivity index (χ3v) is 3.78. The van der Waals surface area contributed by atoms with Crippen molar-refractivity contribution in [2.75, 3.05) is 0 Å². The number of hydrogen-bond donors (Lipinski definition) is 0. The summed E-state index contributed by atoms with van der Waals surface area (Å²) < 4.78 is 0. The molecule has 24 heavy (non-hydrogen) atoms. The van der Waals surface area contributed by atoms with E-state index in [1.807, 2.05) is 0 Å². The monoisotopic (exact) mass is 351 g/mol. The highest BCUT2D eigenvalue weighted by Gasteiger charge is 2.76. The van der Waals surface area contributed by atoms with Crippen molar-refractivity contribution in [3.63, 3.8) is 0 Å². The van der Waals surface area contributed by atoms with Gasteiger partial charge in [0.1, 0.15) is 0 Å². The van der Waals surface area contributed by atoms with Gasteiger partial charge in [0, 0.05) is 28.6 Å². The van der Waals surface area contributed by atoms with E-state index >= 15 is 0 Å². The minimum absolute atomic E-state index is 0.156. The first-order chi connectivity index (χ1) is 10.8. The van der Waals surface area contributed by atoms with Gasteiger partial charge in [0.2, 0.25) is 0 Å². The van der Waals surface area contributed by atoms with Crippen molar-refractivity contribution in [1.29, 1.82) is 0 Å². The van der Waals surface area contributed by atoms with E-state index in [0.29, 0.717) is 13.8 Å². The summed E-state index contributed by atoms with van der Waals surface area (Å²) in [4.78, 5) is 54.0. The van der Waals surface area contributed by atoms with Gasteiger partial charge in [0.15, 0.2) is 0 Å². The Balaban J connectivity index is 3.89. The summed E-state index contributed by atoms with van der Waals surface area (Å²) in [5.41, 5.74) is -7.33. The van der Waals surface area contributed by atoms with Crippen molar-refractivity contribution in [2.45, 2.75) is 37.1 Å². The summed E-state index contributed by atoms with van der Waals surface area (Å²) in [7, 11) is 0. The maximum Gasteiger partial charge on any atom is 0.340 e. The lowest BCUT2D eigenvalue weighted by molar-refractivity contribution is -0.803. The van der Waals surface area contributed by atoms with Gasteiger partial charge in [-0.3, -0.25) is 45.3 Å². The predicted octanol–water partition coefficient (Wildman–Crippen LogP) is -0.546. The molecule has 0 amide bonds. The van der Waals surface area contributed by atoms with E-state index in [2.05, 4.69) is 4.84 Å². The standard InChI is InChI=1S/C8H9N5O11/c1-7(11(18)19)3-4(9(14)15)8(2,12(20)21)6(24-13(22)23)5(7)10(16)17/h3,5-6H,1-2H3. The Labute approximate surface area is 130 Å². The van der Waals surface area contributed by atoms with Gasteiger partial charge in [0.25, 0.3) is 11.2 Å². The highest BCUT2D eigenvalue weighted by Crippen LogP contribution is 2.41. The van der Waals surface area contributed by atoms with Crippen LogP contribution in [-0.2, 0) is 4.84 Å². The maximum atomic E-state index is 11.3. The average Bonchev–Trinajstić information content (AvgIpc) is 2.40. The molecule has 1 rings (SSSR count). The third kappa shape index (κ3) is 2.52. The van der Waals surface area contributed by atoms with Gasteiger partial charge in [-0.2, -0.15) is 0 Å². The number of hydrogen-bond acceptors (Lipinski definition) is 11. The van der Waals surface area contributed by atoms with Crippen LogP contribution in [0, 0.1) is 50.6 Å². The van der Waals surface area contributed by atoms with Crippen LogP contribution in [-0.4, -0.2) is 48.0 Å². The minimum Gasteiger partial charge on any atom is -0.294 e. The Bertz CT molecular complexity index is 675. The van der Waals surface area contributed by atoms with Gasteiger partial charge >= 0.3 is 22.8 Å². The van der Waals surface area contributed by atoms with Gasteiger partial charge in [0.05, 0.1) is 11.0 Å². The molecule has 0 aromatic heterocycles. The molecule has 0 spiro atoms. The molecule has 4 unspecified atom stereocenters. The van der Waals surface area contributed by atoms with Crippen molar-refractivity contribution in [1.82, 2.24) is 0 Å². The molecule has 0 saturated heterocycles. The molecule has 0 heterocycles. The number of nitro groups is 4. The van der Waals surface area contributed by atoms with Crippen LogP contribution in [0.25, 0.3) is 0 Å². The van der Waals surface area contributed by atoms with Gasteiger partial charge in [-0.25, -0.2) is 0 Å². The van der Waals surface area contributed by atoms with Gasteiger partial charge in [-0.1, -0.05) is 0 Å². The minimum atomic E-state index is -3.07. The van der Waals surface area contributed by atoms with Gasteiger partial charge in [-0.15, -0.1) is 10.1 Å². The third-order valence-electron chi connectivity index (χ3n) is 3.78. The highest BCUT2D eigenvalue weighted by atomic mass is 17.0. The van der Waals surface area contributed by atoms with E-state index in [4.69, 9.17) is 0 Å². The van der Waals surface area contributed by atoms with Crippen molar-refractivity contribution in [3.8, 4) is 0 Å². The van der Waals surface area contributed by atoms with Crippen LogP contribution < -0.4 is 0 Å². The van der Waals surface area contributed by atoms with Crippen molar-refractivity contribution >= 4 is 0 Å². The fourth-order valence-electron chi connectivity index (χ4n) is 2.44. The second-order valence-corrected chi connectivity index (χ2v) is 5.15. The predicted molar refractivity (Wildman–Crippen MR) is 68.5 cm³/mol. The highest BCUT2D eigenvalue weighted by molar-refractivity contribution is 5.25. The van der Waals surface area contributed by atoms with E-state index in [-0.39, 0.29) is 6.08 Å². The molecule has 0 aromatic carbocycles. The molecule has 0 radical (unpaired) electrons. The molecule has 4 atom stereocenters. The second-order valence-electron chi connectivity index (χ2n) is 5.15. The molecule has 16 heteroatoms. The largest absolute Gasteiger partial charge is 0.340 e. The Hall–Kier alpha value is -3.46. The zero-order valence-corrected chi connectivity index (χ0v) is 12.0. The Kier molecular flexibility index (Phi) is 4.36. The summed E-state index contributed by atoms with van der Waals surface area (Å²) in [6.45, 7) is 1.08. The lowest BCUT2D eigenvalue weighted by Crippen LogP contribution is -2.69. The molecule has 0 N–H and O–H groups in total. The van der Waals surface area contributed by atoms with Crippen LogP contribution >= 0.6 is 0 Å². The molecule has 0 fully saturated rings. The topological polar surface area (TPSA) is 225 Å². The van der Waals surface area contributed by atoms with Crippen molar-refractivity contribution < 1.29 is 29.6 Å². The van der Waals surface area contributed by atoms with Crippen LogP contribution in [0.4, 0.5) is 0 Å². The van der Waals surface area contributed by atoms with Crippen LogP contribution in [0.3, 0.4) is 0 Å². The van der Waals surface area contributed by atoms with Gasteiger partial charge in [-0.05, 0) is 0 Å². The molecule has 1 aliphatic carbocycles. The molecule has 1 aliphatic rings. The molecule has 132 valence electrons. The number of rotatable bonds is 6. The first-order valence-corrected chi connectivity index (χ1v) is 5.91. The Morgan fingerprint density at radius 1 is 0.958 bits per heavy atom. The second kappa shape index (κ2) is 5.63. The van der Waals surface area contributed by atoms with Crippen LogP contribution in [0.2, 0.25) is 0 Å². The van der Waals surface area contributed by atoms with Crippen LogP contribution in [0.5, 0.6) is 0 Å². The fourth-order valence-corrected chi connectivity index (χ4v) is 2.44. The van der Waals surface area contributed by atoms with Gasteiger partial charge < -0.3 is 0 Å². The molecule has 0 aliphatic heterocycles. The Morgan fingerprint density at radius 2 is 1.46 bits per heavy atom. The summed E-state index contributed by atoms with van der Waals surface area (Å²) in [5, 5.41) is 53.8. The zero-order chi connectivity index (χ0) is 19.0. The number of nitrogens with zero attached hydrogens (tertiary/aromatic N) is 5. The molecule has 0 bridgehead atoms. The lowest BCUT2D eigenvalue weighted by atomic mass is 9.72. The first-order valence-electron chi connectivity index (χ1n) is 5.91. The van der Waals surface area contributed by atoms with E-state index < -0.39 is 53.7 Å². The average molecular weight is 351 g/mol. The van der Waals surface area contributed by atoms with E-state index in [1.165, 1.54) is 0 Å². The molecule has 16 nitrogen and oxygen atoms in total. The normalized spacial score (nSPS) is 32.3. The molecular formula is C8H9N5O11. The fraction of sp³-hybridized carbons (Fsp3) is 0.750. The first kappa shape index (κ1) is 18.6. The lowest BCUT2D eigenvalue weighted by Gasteiger charge is -2.34.